The topological polar surface area (TPSA) is 59.2 Å². The molecule has 1 aromatic heterocycles. The van der Waals surface area contributed by atoms with Crippen LogP contribution in [0, 0.1) is 6.92 Å². The Morgan fingerprint density at radius 1 is 1.18 bits per heavy atom. The molecule has 3 aromatic rings. The van der Waals surface area contributed by atoms with E-state index >= 15 is 4.39 Å². The van der Waals surface area contributed by atoms with E-state index < -0.39 is 5.67 Å². The zero-order valence-electron chi connectivity index (χ0n) is 15.8. The molecule has 1 fully saturated rings. The van der Waals surface area contributed by atoms with Gasteiger partial charge in [-0.15, -0.1) is 0 Å². The summed E-state index contributed by atoms with van der Waals surface area (Å²) in [6.07, 6.45) is 1.08. The number of hydrogen-bond donors (Lipinski definition) is 0. The molecule has 0 bridgehead atoms. The molecule has 1 aliphatic heterocycles. The van der Waals surface area contributed by atoms with Crippen molar-refractivity contribution in [2.75, 3.05) is 13.1 Å². The molecular formula is C22H22FN3O2. The number of aromatic nitrogens is 2. The lowest BCUT2D eigenvalue weighted by Gasteiger charge is -2.35. The number of benzene rings is 2. The van der Waals surface area contributed by atoms with E-state index in [0.717, 1.165) is 16.7 Å². The number of carbonyl (C=O) groups excluding carboxylic acids is 1. The minimum Gasteiger partial charge on any atom is -0.339 e. The highest BCUT2D eigenvalue weighted by molar-refractivity contribution is 5.79. The van der Waals surface area contributed by atoms with E-state index in [4.69, 9.17) is 4.52 Å². The summed E-state index contributed by atoms with van der Waals surface area (Å²) in [5.41, 5.74) is 1.02. The average molecular weight is 379 g/mol. The van der Waals surface area contributed by atoms with Crippen molar-refractivity contribution in [3.05, 3.63) is 71.6 Å². The molecule has 2 heterocycles. The quantitative estimate of drug-likeness (QED) is 0.685. The van der Waals surface area contributed by atoms with Crippen molar-refractivity contribution in [2.24, 2.45) is 0 Å². The third-order valence-corrected chi connectivity index (χ3v) is 5.11. The smallest absolute Gasteiger partial charge is 0.266 e. The van der Waals surface area contributed by atoms with Gasteiger partial charge in [-0.05, 0) is 25.3 Å². The van der Waals surface area contributed by atoms with Crippen LogP contribution >= 0.6 is 0 Å². The van der Waals surface area contributed by atoms with Gasteiger partial charge in [0.2, 0.25) is 17.4 Å². The second-order valence-corrected chi connectivity index (χ2v) is 7.34. The highest BCUT2D eigenvalue weighted by Crippen LogP contribution is 2.35. The van der Waals surface area contributed by atoms with Crippen LogP contribution < -0.4 is 0 Å². The van der Waals surface area contributed by atoms with Gasteiger partial charge in [-0.25, -0.2) is 4.39 Å². The van der Waals surface area contributed by atoms with Crippen LogP contribution in [0.4, 0.5) is 4.39 Å². The Morgan fingerprint density at radius 3 is 2.68 bits per heavy atom. The highest BCUT2D eigenvalue weighted by Gasteiger charge is 2.43. The number of likely N-dealkylation sites (tertiary alicyclic amines) is 1. The van der Waals surface area contributed by atoms with Gasteiger partial charge in [-0.3, -0.25) is 4.79 Å². The normalized spacial score (nSPS) is 19.6. The molecule has 0 N–H and O–H groups in total. The summed E-state index contributed by atoms with van der Waals surface area (Å²) < 4.78 is 20.9. The Balaban J connectivity index is 1.48. The summed E-state index contributed by atoms with van der Waals surface area (Å²) in [7, 11) is 0. The Bertz CT molecular complexity index is 955. The molecule has 144 valence electrons. The average Bonchev–Trinajstić information content (AvgIpc) is 3.22. The van der Waals surface area contributed by atoms with Gasteiger partial charge in [-0.1, -0.05) is 65.3 Å². The predicted octanol–water partition coefficient (Wildman–Crippen LogP) is 4.07. The summed E-state index contributed by atoms with van der Waals surface area (Å²) in [6, 6.07) is 17.1. The standard InChI is InChI=1S/C22H22FN3O2/c1-16-8-10-17(11-9-16)14-19(27)26-13-5-12-22(23,15-26)21-24-20(25-28-21)18-6-3-2-4-7-18/h2-4,6-11H,5,12-15H2,1H3. The first-order valence-corrected chi connectivity index (χ1v) is 9.45. The maximum Gasteiger partial charge on any atom is 0.266 e. The maximum atomic E-state index is 15.6. The number of piperidine rings is 1. The predicted molar refractivity (Wildman–Crippen MR) is 103 cm³/mol. The molecule has 0 spiro atoms. The van der Waals surface area contributed by atoms with Crippen molar-refractivity contribution in [3.8, 4) is 11.4 Å². The number of alkyl halides is 1. The van der Waals surface area contributed by atoms with Crippen molar-refractivity contribution >= 4 is 5.91 Å². The van der Waals surface area contributed by atoms with E-state index in [9.17, 15) is 4.79 Å². The fraction of sp³-hybridized carbons (Fsp3) is 0.318. The number of nitrogens with zero attached hydrogens (tertiary/aromatic N) is 3. The Labute approximate surface area is 163 Å². The first kappa shape index (κ1) is 18.3. The maximum absolute atomic E-state index is 15.6. The van der Waals surface area contributed by atoms with E-state index in [1.807, 2.05) is 61.5 Å². The van der Waals surface area contributed by atoms with Crippen LogP contribution in [0.1, 0.15) is 29.9 Å². The summed E-state index contributed by atoms with van der Waals surface area (Å²) >= 11 is 0. The number of amides is 1. The van der Waals surface area contributed by atoms with Crippen LogP contribution in [0.5, 0.6) is 0 Å². The third-order valence-electron chi connectivity index (χ3n) is 5.11. The summed E-state index contributed by atoms with van der Waals surface area (Å²) in [5, 5.41) is 3.92. The van der Waals surface area contributed by atoms with E-state index in [-0.39, 0.29) is 31.2 Å². The molecule has 6 heteroatoms. The number of aryl methyl sites for hydroxylation is 1. The van der Waals surface area contributed by atoms with E-state index in [1.165, 1.54) is 0 Å². The number of carbonyl (C=O) groups is 1. The van der Waals surface area contributed by atoms with Crippen LogP contribution in [-0.2, 0) is 16.9 Å². The van der Waals surface area contributed by atoms with Gasteiger partial charge >= 0.3 is 0 Å². The molecule has 1 saturated heterocycles. The van der Waals surface area contributed by atoms with E-state index in [2.05, 4.69) is 10.1 Å². The zero-order valence-corrected chi connectivity index (χ0v) is 15.8. The van der Waals surface area contributed by atoms with Crippen molar-refractivity contribution in [1.29, 1.82) is 0 Å². The summed E-state index contributed by atoms with van der Waals surface area (Å²) in [5.74, 6) is 0.211. The van der Waals surface area contributed by atoms with Crippen LogP contribution in [0.15, 0.2) is 59.1 Å². The van der Waals surface area contributed by atoms with Gasteiger partial charge in [0, 0.05) is 12.1 Å². The SMILES string of the molecule is Cc1ccc(CC(=O)N2CCCC(F)(c3nc(-c4ccccc4)no3)C2)cc1. The fourth-order valence-corrected chi connectivity index (χ4v) is 3.50. The van der Waals surface area contributed by atoms with Gasteiger partial charge in [0.05, 0.1) is 13.0 Å². The lowest BCUT2D eigenvalue weighted by Crippen LogP contribution is -2.47. The molecule has 1 unspecified atom stereocenters. The molecule has 1 amide bonds. The molecule has 2 aromatic carbocycles. The van der Waals surface area contributed by atoms with Gasteiger partial charge in [0.25, 0.3) is 5.89 Å². The molecule has 4 rings (SSSR count). The Morgan fingerprint density at radius 2 is 1.93 bits per heavy atom. The van der Waals surface area contributed by atoms with Crippen molar-refractivity contribution in [3.63, 3.8) is 0 Å². The van der Waals surface area contributed by atoms with E-state index in [0.29, 0.717) is 18.8 Å². The molecule has 1 aliphatic rings. The van der Waals surface area contributed by atoms with Gasteiger partial charge in [-0.2, -0.15) is 4.98 Å². The Kier molecular flexibility index (Phi) is 4.94. The first-order chi connectivity index (χ1) is 13.5. The molecule has 0 radical (unpaired) electrons. The Hall–Kier alpha value is -3.02. The third kappa shape index (κ3) is 3.81. The molecule has 0 aliphatic carbocycles. The van der Waals surface area contributed by atoms with Gasteiger partial charge < -0.3 is 9.42 Å². The molecule has 0 saturated carbocycles. The number of rotatable bonds is 4. The second-order valence-electron chi connectivity index (χ2n) is 7.34. The minimum atomic E-state index is -1.82. The fourth-order valence-electron chi connectivity index (χ4n) is 3.50. The zero-order chi connectivity index (χ0) is 19.6. The van der Waals surface area contributed by atoms with Crippen LogP contribution in [-0.4, -0.2) is 34.0 Å². The number of hydrogen-bond acceptors (Lipinski definition) is 4. The molecule has 1 atom stereocenters. The van der Waals surface area contributed by atoms with Crippen molar-refractivity contribution < 1.29 is 13.7 Å². The first-order valence-electron chi connectivity index (χ1n) is 9.45. The summed E-state index contributed by atoms with van der Waals surface area (Å²) in [6.45, 7) is 2.48. The monoisotopic (exact) mass is 379 g/mol. The highest BCUT2D eigenvalue weighted by atomic mass is 19.1. The molecular weight excluding hydrogens is 357 g/mol. The second kappa shape index (κ2) is 7.54. The minimum absolute atomic E-state index is 0.0563. The number of halogens is 1. The van der Waals surface area contributed by atoms with Gasteiger partial charge in [0.1, 0.15) is 0 Å². The lowest BCUT2D eigenvalue weighted by atomic mass is 9.94. The lowest BCUT2D eigenvalue weighted by molar-refractivity contribution is -0.135. The van der Waals surface area contributed by atoms with Gasteiger partial charge in [0.15, 0.2) is 0 Å². The largest absolute Gasteiger partial charge is 0.339 e. The van der Waals surface area contributed by atoms with Crippen LogP contribution in [0.25, 0.3) is 11.4 Å². The van der Waals surface area contributed by atoms with Crippen LogP contribution in [0.3, 0.4) is 0 Å². The molecule has 28 heavy (non-hydrogen) atoms. The summed E-state index contributed by atoms with van der Waals surface area (Å²) in [4.78, 5) is 18.5. The van der Waals surface area contributed by atoms with E-state index in [1.54, 1.807) is 4.90 Å². The molecule has 5 nitrogen and oxygen atoms in total. The van der Waals surface area contributed by atoms with Crippen molar-refractivity contribution in [1.82, 2.24) is 15.0 Å². The van der Waals surface area contributed by atoms with Crippen LogP contribution in [0.2, 0.25) is 0 Å². The van der Waals surface area contributed by atoms with Crippen molar-refractivity contribution in [2.45, 2.75) is 31.9 Å².